The molecule has 3 N–H and O–H groups in total. The Morgan fingerprint density at radius 3 is 2.75 bits per heavy atom. The van der Waals surface area contributed by atoms with Gasteiger partial charge in [-0.2, -0.15) is 8.42 Å². The number of benzene rings is 1. The minimum atomic E-state index is -3.80. The van der Waals surface area contributed by atoms with E-state index in [1.807, 2.05) is 0 Å². The van der Waals surface area contributed by atoms with Crippen LogP contribution in [0.15, 0.2) is 30.5 Å². The van der Waals surface area contributed by atoms with Crippen LogP contribution in [0.3, 0.4) is 0 Å². The molecule has 0 amide bonds. The zero-order valence-electron chi connectivity index (χ0n) is 8.01. The number of nitrogens with one attached hydrogen (secondary N) is 1. The number of fused-ring (bicyclic) bond motifs is 1. The van der Waals surface area contributed by atoms with Crippen LogP contribution in [0, 0.1) is 0 Å². The van der Waals surface area contributed by atoms with Crippen LogP contribution < -0.4 is 9.86 Å². The molecule has 0 fully saturated rings. The number of nitrogens with two attached hydrogens (primary N) is 1. The first-order valence-electron chi connectivity index (χ1n) is 4.31. The summed E-state index contributed by atoms with van der Waals surface area (Å²) in [7, 11) is -3.80. The Bertz CT molecular complexity index is 642. The van der Waals surface area contributed by atoms with E-state index in [9.17, 15) is 8.42 Å². The highest BCUT2D eigenvalue weighted by atomic mass is 35.5. The molecule has 0 bridgehead atoms. The Labute approximate surface area is 97.4 Å². The van der Waals surface area contributed by atoms with Crippen LogP contribution in [0.4, 0.5) is 5.69 Å². The monoisotopic (exact) mass is 257 g/mol. The second-order valence-corrected chi connectivity index (χ2v) is 4.84. The summed E-state index contributed by atoms with van der Waals surface area (Å²) < 4.78 is 24.1. The third-order valence-corrected chi connectivity index (χ3v) is 2.78. The van der Waals surface area contributed by atoms with Gasteiger partial charge in [-0.25, -0.2) is 5.14 Å². The van der Waals surface area contributed by atoms with E-state index in [4.69, 9.17) is 16.7 Å². The van der Waals surface area contributed by atoms with E-state index in [0.717, 1.165) is 0 Å². The molecule has 0 atom stereocenters. The Kier molecular flexibility index (Phi) is 2.71. The standard InChI is InChI=1S/C9H8ClN3O2S/c10-7-3-4-8(13-16(11,14)15)6-2-1-5-12-9(6)7/h1-5,13H,(H2,11,14,15). The molecule has 0 unspecified atom stereocenters. The molecule has 0 saturated heterocycles. The fourth-order valence-electron chi connectivity index (χ4n) is 1.38. The molecular weight excluding hydrogens is 250 g/mol. The molecule has 16 heavy (non-hydrogen) atoms. The molecule has 0 aliphatic rings. The summed E-state index contributed by atoms with van der Waals surface area (Å²) in [6.07, 6.45) is 1.58. The maximum absolute atomic E-state index is 10.9. The molecule has 1 aromatic carbocycles. The molecule has 2 aromatic rings. The highest BCUT2D eigenvalue weighted by Crippen LogP contribution is 2.28. The zero-order valence-corrected chi connectivity index (χ0v) is 9.59. The Morgan fingerprint density at radius 1 is 1.31 bits per heavy atom. The molecule has 0 aliphatic heterocycles. The van der Waals surface area contributed by atoms with E-state index in [1.54, 1.807) is 24.4 Å². The van der Waals surface area contributed by atoms with Crippen molar-refractivity contribution in [3.05, 3.63) is 35.5 Å². The van der Waals surface area contributed by atoms with E-state index in [0.29, 0.717) is 21.6 Å². The van der Waals surface area contributed by atoms with Gasteiger partial charge < -0.3 is 0 Å². The minimum absolute atomic E-state index is 0.356. The summed E-state index contributed by atoms with van der Waals surface area (Å²) in [5.41, 5.74) is 0.882. The van der Waals surface area contributed by atoms with Crippen LogP contribution >= 0.6 is 11.6 Å². The first kappa shape index (κ1) is 11.1. The highest BCUT2D eigenvalue weighted by Gasteiger charge is 2.08. The third-order valence-electron chi connectivity index (χ3n) is 1.97. The predicted octanol–water partition coefficient (Wildman–Crippen LogP) is 1.50. The molecule has 5 nitrogen and oxygen atoms in total. The lowest BCUT2D eigenvalue weighted by Gasteiger charge is -2.07. The van der Waals surface area contributed by atoms with Crippen LogP contribution in [0.1, 0.15) is 0 Å². The molecule has 0 spiro atoms. The second kappa shape index (κ2) is 3.89. The molecule has 7 heteroatoms. The van der Waals surface area contributed by atoms with Gasteiger partial charge in [0.25, 0.3) is 10.2 Å². The van der Waals surface area contributed by atoms with Gasteiger partial charge in [-0.05, 0) is 24.3 Å². The number of rotatable bonds is 2. The first-order valence-corrected chi connectivity index (χ1v) is 6.23. The van der Waals surface area contributed by atoms with Crippen molar-refractivity contribution in [2.75, 3.05) is 4.72 Å². The number of aromatic nitrogens is 1. The van der Waals surface area contributed by atoms with Gasteiger partial charge in [0, 0.05) is 11.6 Å². The van der Waals surface area contributed by atoms with Crippen LogP contribution in [0.5, 0.6) is 0 Å². The number of nitrogens with zero attached hydrogens (tertiary/aromatic N) is 1. The van der Waals surface area contributed by atoms with Crippen molar-refractivity contribution in [3.8, 4) is 0 Å². The normalized spacial score (nSPS) is 11.6. The predicted molar refractivity (Wildman–Crippen MR) is 63.5 cm³/mol. The molecule has 1 aromatic heterocycles. The Balaban J connectivity index is 2.68. The molecule has 2 rings (SSSR count). The van der Waals surface area contributed by atoms with Crippen LogP contribution in [0.2, 0.25) is 5.02 Å². The molecule has 84 valence electrons. The van der Waals surface area contributed by atoms with E-state index in [2.05, 4.69) is 9.71 Å². The molecule has 1 heterocycles. The number of hydrogen-bond acceptors (Lipinski definition) is 3. The number of anilines is 1. The Morgan fingerprint density at radius 2 is 2.06 bits per heavy atom. The van der Waals surface area contributed by atoms with Crippen molar-refractivity contribution in [2.45, 2.75) is 0 Å². The van der Waals surface area contributed by atoms with Crippen molar-refractivity contribution >= 4 is 38.4 Å². The van der Waals surface area contributed by atoms with E-state index in [1.165, 1.54) is 6.07 Å². The van der Waals surface area contributed by atoms with Crippen molar-refractivity contribution < 1.29 is 8.42 Å². The summed E-state index contributed by atoms with van der Waals surface area (Å²) >= 11 is 5.93. The van der Waals surface area contributed by atoms with Crippen molar-refractivity contribution in [2.24, 2.45) is 5.14 Å². The van der Waals surface area contributed by atoms with Crippen LogP contribution in [-0.4, -0.2) is 13.4 Å². The quantitative estimate of drug-likeness (QED) is 0.855. The van der Waals surface area contributed by atoms with E-state index < -0.39 is 10.2 Å². The average molecular weight is 258 g/mol. The van der Waals surface area contributed by atoms with Crippen molar-refractivity contribution in [3.63, 3.8) is 0 Å². The molecule has 0 saturated carbocycles. The van der Waals surface area contributed by atoms with Gasteiger partial charge in [0.2, 0.25) is 0 Å². The summed E-state index contributed by atoms with van der Waals surface area (Å²) in [5, 5.41) is 5.96. The number of hydrogen-bond donors (Lipinski definition) is 2. The van der Waals surface area contributed by atoms with Gasteiger partial charge in [0.05, 0.1) is 16.2 Å². The summed E-state index contributed by atoms with van der Waals surface area (Å²) in [5.74, 6) is 0. The maximum atomic E-state index is 10.9. The number of halogens is 1. The van der Waals surface area contributed by atoms with Gasteiger partial charge >= 0.3 is 0 Å². The van der Waals surface area contributed by atoms with Crippen molar-refractivity contribution in [1.29, 1.82) is 0 Å². The van der Waals surface area contributed by atoms with E-state index in [-0.39, 0.29) is 0 Å². The smallest absolute Gasteiger partial charge is 0.271 e. The lowest BCUT2D eigenvalue weighted by atomic mass is 10.2. The SMILES string of the molecule is NS(=O)(=O)Nc1ccc(Cl)c2ncccc12. The van der Waals surface area contributed by atoms with Gasteiger partial charge in [0.15, 0.2) is 0 Å². The fourth-order valence-corrected chi connectivity index (χ4v) is 2.08. The van der Waals surface area contributed by atoms with Crippen LogP contribution in [0.25, 0.3) is 10.9 Å². The molecule has 0 radical (unpaired) electrons. The summed E-state index contributed by atoms with van der Waals surface area (Å²) in [6, 6.07) is 6.50. The topological polar surface area (TPSA) is 85.1 Å². The highest BCUT2D eigenvalue weighted by molar-refractivity contribution is 7.90. The fraction of sp³-hybridized carbons (Fsp3) is 0. The lowest BCUT2D eigenvalue weighted by molar-refractivity contribution is 0.603. The molecular formula is C9H8ClN3O2S. The second-order valence-electron chi connectivity index (χ2n) is 3.14. The van der Waals surface area contributed by atoms with Gasteiger partial charge in [-0.15, -0.1) is 0 Å². The van der Waals surface area contributed by atoms with Crippen molar-refractivity contribution in [1.82, 2.24) is 4.98 Å². The van der Waals surface area contributed by atoms with Gasteiger partial charge in [-0.3, -0.25) is 9.71 Å². The average Bonchev–Trinajstić information content (AvgIpc) is 2.21. The summed E-state index contributed by atoms with van der Waals surface area (Å²) in [4.78, 5) is 4.06. The minimum Gasteiger partial charge on any atom is -0.271 e. The molecule has 0 aliphatic carbocycles. The summed E-state index contributed by atoms with van der Waals surface area (Å²) in [6.45, 7) is 0. The van der Waals surface area contributed by atoms with Gasteiger partial charge in [-0.1, -0.05) is 11.6 Å². The Hall–Kier alpha value is -1.37. The van der Waals surface area contributed by atoms with Crippen LogP contribution in [-0.2, 0) is 10.2 Å². The lowest BCUT2D eigenvalue weighted by Crippen LogP contribution is -2.21. The largest absolute Gasteiger partial charge is 0.296 e. The number of pyridine rings is 1. The van der Waals surface area contributed by atoms with Gasteiger partial charge in [0.1, 0.15) is 0 Å². The van der Waals surface area contributed by atoms with E-state index >= 15 is 0 Å². The first-order chi connectivity index (χ1) is 7.47. The maximum Gasteiger partial charge on any atom is 0.296 e. The zero-order chi connectivity index (χ0) is 11.8. The third kappa shape index (κ3) is 2.24.